The molecule has 0 bridgehead atoms. The van der Waals surface area contributed by atoms with Crippen LogP contribution in [0.15, 0.2) is 217 Å². The van der Waals surface area contributed by atoms with Crippen molar-refractivity contribution >= 4 is 65.6 Å². The zero-order valence-electron chi connectivity index (χ0n) is 33.9. The van der Waals surface area contributed by atoms with E-state index in [0.717, 1.165) is 93.7 Å². The maximum absolute atomic E-state index is 6.90. The maximum Gasteiger partial charge on any atom is 0.238 e. The average Bonchev–Trinajstić information content (AvgIpc) is 4.02. The second kappa shape index (κ2) is 14.0. The summed E-state index contributed by atoms with van der Waals surface area (Å²) in [5, 5.41) is 6.62. The molecule has 9 aromatic carbocycles. The molecule has 0 unspecified atom stereocenters. The first-order valence-corrected chi connectivity index (χ1v) is 21.2. The Labute approximate surface area is 361 Å². The van der Waals surface area contributed by atoms with E-state index in [1.807, 2.05) is 6.07 Å². The third-order valence-electron chi connectivity index (χ3n) is 12.4. The molecule has 63 heavy (non-hydrogen) atoms. The van der Waals surface area contributed by atoms with Crippen molar-refractivity contribution in [3.63, 3.8) is 0 Å². The second-order valence-corrected chi connectivity index (χ2v) is 16.0. The second-order valence-electron chi connectivity index (χ2n) is 16.0. The molecule has 0 aliphatic rings. The van der Waals surface area contributed by atoms with E-state index >= 15 is 0 Å². The zero-order valence-corrected chi connectivity index (χ0v) is 33.9. The molecule has 0 aliphatic heterocycles. The minimum absolute atomic E-state index is 0.556. The van der Waals surface area contributed by atoms with Crippen LogP contribution in [0.2, 0.25) is 0 Å². The van der Waals surface area contributed by atoms with Gasteiger partial charge < -0.3 is 8.98 Å². The van der Waals surface area contributed by atoms with Gasteiger partial charge in [-0.3, -0.25) is 4.57 Å². The summed E-state index contributed by atoms with van der Waals surface area (Å²) >= 11 is 0. The van der Waals surface area contributed by atoms with Crippen LogP contribution >= 0.6 is 0 Å². The molecular formula is C57H35N5O. The van der Waals surface area contributed by atoms with E-state index < -0.39 is 0 Å². The van der Waals surface area contributed by atoms with Gasteiger partial charge in [0.1, 0.15) is 5.58 Å². The van der Waals surface area contributed by atoms with Crippen LogP contribution in [0.1, 0.15) is 0 Å². The Morgan fingerprint density at radius 3 is 1.51 bits per heavy atom. The fourth-order valence-corrected chi connectivity index (χ4v) is 9.45. The molecule has 13 rings (SSSR count). The van der Waals surface area contributed by atoms with Crippen LogP contribution in [0.3, 0.4) is 0 Å². The Balaban J connectivity index is 1.02. The lowest BCUT2D eigenvalue weighted by Crippen LogP contribution is -2.06. The molecule has 0 aliphatic carbocycles. The molecule has 6 nitrogen and oxygen atoms in total. The molecule has 294 valence electrons. The highest BCUT2D eigenvalue weighted by Gasteiger charge is 2.22. The topological polar surface area (TPSA) is 61.7 Å². The third-order valence-corrected chi connectivity index (χ3v) is 12.4. The number of benzene rings is 9. The number of nitrogens with zero attached hydrogens (tertiary/aromatic N) is 5. The summed E-state index contributed by atoms with van der Waals surface area (Å²) in [5.74, 6) is 1.73. The number of hydrogen-bond acceptors (Lipinski definition) is 4. The van der Waals surface area contributed by atoms with Gasteiger partial charge in [-0.2, -0.15) is 9.97 Å². The van der Waals surface area contributed by atoms with Crippen LogP contribution in [-0.2, 0) is 0 Å². The van der Waals surface area contributed by atoms with Crippen molar-refractivity contribution in [2.45, 2.75) is 0 Å². The summed E-state index contributed by atoms with van der Waals surface area (Å²) in [4.78, 5) is 15.7. The molecule has 4 aromatic heterocycles. The smallest absolute Gasteiger partial charge is 0.238 e. The van der Waals surface area contributed by atoms with E-state index in [9.17, 15) is 0 Å². The van der Waals surface area contributed by atoms with Gasteiger partial charge in [0, 0.05) is 49.1 Å². The monoisotopic (exact) mass is 805 g/mol. The fraction of sp³-hybridized carbons (Fsp3) is 0. The van der Waals surface area contributed by atoms with Gasteiger partial charge in [0.15, 0.2) is 17.2 Å². The van der Waals surface area contributed by atoms with Crippen molar-refractivity contribution in [1.82, 2.24) is 24.1 Å². The van der Waals surface area contributed by atoms with Gasteiger partial charge in [0.25, 0.3) is 0 Å². The van der Waals surface area contributed by atoms with E-state index in [0.29, 0.717) is 17.6 Å². The molecule has 6 heteroatoms. The molecule has 0 saturated carbocycles. The van der Waals surface area contributed by atoms with E-state index in [1.54, 1.807) is 0 Å². The standard InChI is InChI=1S/C57H35N5O/c1-3-14-36(15-4-1)38-26-28-39(29-27-38)55-58-56(60-57(59-55)62-50-24-11-7-20-43(50)44-21-8-12-25-51(44)62)41-30-33-52-48(35-41)47-32-31-46-45-22-9-10-23-49(45)61(53(46)54(47)63-52)42-19-13-18-40(34-42)37-16-5-2-6-17-37/h1-35H. The van der Waals surface area contributed by atoms with Crippen molar-refractivity contribution in [3.05, 3.63) is 212 Å². The molecule has 0 N–H and O–H groups in total. The summed E-state index contributed by atoms with van der Waals surface area (Å²) in [6.07, 6.45) is 0. The lowest BCUT2D eigenvalue weighted by atomic mass is 10.0. The predicted octanol–water partition coefficient (Wildman–Crippen LogP) is 14.6. The average molecular weight is 806 g/mol. The van der Waals surface area contributed by atoms with Crippen molar-refractivity contribution in [2.24, 2.45) is 0 Å². The first kappa shape index (κ1) is 35.2. The van der Waals surface area contributed by atoms with Gasteiger partial charge in [0.05, 0.1) is 22.1 Å². The van der Waals surface area contributed by atoms with Gasteiger partial charge in [-0.05, 0) is 76.9 Å². The van der Waals surface area contributed by atoms with Crippen LogP contribution in [0.4, 0.5) is 0 Å². The molecule has 0 spiro atoms. The van der Waals surface area contributed by atoms with Crippen LogP contribution in [0.5, 0.6) is 0 Å². The molecule has 0 radical (unpaired) electrons. The Morgan fingerprint density at radius 2 is 0.825 bits per heavy atom. The van der Waals surface area contributed by atoms with Crippen LogP contribution < -0.4 is 0 Å². The highest BCUT2D eigenvalue weighted by Crippen LogP contribution is 2.42. The van der Waals surface area contributed by atoms with E-state index in [2.05, 4.69) is 215 Å². The molecular weight excluding hydrogens is 771 g/mol. The van der Waals surface area contributed by atoms with E-state index in [4.69, 9.17) is 19.4 Å². The number of furan rings is 1. The number of fused-ring (bicyclic) bond motifs is 10. The van der Waals surface area contributed by atoms with E-state index in [-0.39, 0.29) is 0 Å². The van der Waals surface area contributed by atoms with Crippen molar-refractivity contribution < 1.29 is 4.42 Å². The van der Waals surface area contributed by atoms with Gasteiger partial charge in [-0.15, -0.1) is 0 Å². The first-order chi connectivity index (χ1) is 31.2. The number of hydrogen-bond donors (Lipinski definition) is 0. The van der Waals surface area contributed by atoms with Gasteiger partial charge in [-0.25, -0.2) is 4.98 Å². The fourth-order valence-electron chi connectivity index (χ4n) is 9.45. The Morgan fingerprint density at radius 1 is 0.317 bits per heavy atom. The highest BCUT2D eigenvalue weighted by molar-refractivity contribution is 6.21. The molecule has 13 aromatic rings. The molecule has 0 atom stereocenters. The molecule has 4 heterocycles. The predicted molar refractivity (Wildman–Crippen MR) is 258 cm³/mol. The van der Waals surface area contributed by atoms with Crippen LogP contribution in [-0.4, -0.2) is 24.1 Å². The summed E-state index contributed by atoms with van der Waals surface area (Å²) in [6.45, 7) is 0. The van der Waals surface area contributed by atoms with Gasteiger partial charge >= 0.3 is 0 Å². The zero-order chi connectivity index (χ0) is 41.4. The summed E-state index contributed by atoms with van der Waals surface area (Å²) in [7, 11) is 0. The summed E-state index contributed by atoms with van der Waals surface area (Å²) in [6, 6.07) is 74.4. The third kappa shape index (κ3) is 5.62. The van der Waals surface area contributed by atoms with Crippen LogP contribution in [0.25, 0.3) is 122 Å². The van der Waals surface area contributed by atoms with Gasteiger partial charge in [-0.1, -0.05) is 158 Å². The summed E-state index contributed by atoms with van der Waals surface area (Å²) < 4.78 is 11.4. The molecule has 0 amide bonds. The highest BCUT2D eigenvalue weighted by atomic mass is 16.3. The Hall–Kier alpha value is -8.61. The van der Waals surface area contributed by atoms with Crippen molar-refractivity contribution in [2.75, 3.05) is 0 Å². The largest absolute Gasteiger partial charge is 0.454 e. The Bertz CT molecular complexity index is 3850. The van der Waals surface area contributed by atoms with Crippen molar-refractivity contribution in [1.29, 1.82) is 0 Å². The summed E-state index contributed by atoms with van der Waals surface area (Å²) in [5.41, 5.74) is 13.3. The lowest BCUT2D eigenvalue weighted by molar-refractivity contribution is 0.671. The minimum atomic E-state index is 0.556. The minimum Gasteiger partial charge on any atom is -0.454 e. The van der Waals surface area contributed by atoms with Gasteiger partial charge in [0.2, 0.25) is 5.95 Å². The molecule has 0 fully saturated rings. The quantitative estimate of drug-likeness (QED) is 0.168. The SMILES string of the molecule is c1ccc(-c2ccc(-c3nc(-c4ccc5oc6c(ccc7c8ccccc8n(-c8cccc(-c9ccccc9)c8)c76)c5c4)nc(-n4c5ccccc5c5ccccc54)n3)cc2)cc1. The first-order valence-electron chi connectivity index (χ1n) is 21.2. The number of rotatable bonds is 6. The normalized spacial score (nSPS) is 11.8. The van der Waals surface area contributed by atoms with Crippen LogP contribution in [0, 0.1) is 0 Å². The maximum atomic E-state index is 6.90. The van der Waals surface area contributed by atoms with E-state index in [1.165, 1.54) is 10.9 Å². The lowest BCUT2D eigenvalue weighted by Gasteiger charge is -2.11. The number of para-hydroxylation sites is 3. The molecule has 0 saturated heterocycles. The van der Waals surface area contributed by atoms with Crippen molar-refractivity contribution in [3.8, 4) is 56.7 Å². The number of aromatic nitrogens is 5. The Kier molecular flexibility index (Phi) is 7.80.